The highest BCUT2D eigenvalue weighted by molar-refractivity contribution is 6.02. The van der Waals surface area contributed by atoms with Crippen LogP contribution in [0.2, 0.25) is 0 Å². The summed E-state index contributed by atoms with van der Waals surface area (Å²) < 4.78 is 37.3. The Balaban J connectivity index is 2.08. The maximum Gasteiger partial charge on any atom is 0.315 e. The normalized spacial score (nSPS) is 14.2. The average molecular weight is 429 g/mol. The van der Waals surface area contributed by atoms with E-state index in [4.69, 9.17) is 21.7 Å². The molecule has 0 N–H and O–H groups in total. The lowest BCUT2D eigenvalue weighted by atomic mass is 9.94. The van der Waals surface area contributed by atoms with Crippen LogP contribution in [-0.2, 0) is 16.0 Å². The minimum Gasteiger partial charge on any atom is -0.493 e. The lowest BCUT2D eigenvalue weighted by Crippen LogP contribution is -2.34. The van der Waals surface area contributed by atoms with Gasteiger partial charge in [-0.15, -0.1) is 0 Å². The van der Waals surface area contributed by atoms with Crippen LogP contribution in [0.5, 0.6) is 17.2 Å². The van der Waals surface area contributed by atoms with Crippen molar-refractivity contribution in [1.82, 2.24) is 0 Å². The summed E-state index contributed by atoms with van der Waals surface area (Å²) in [7, 11) is -0.118. The minimum atomic E-state index is -1.56. The molecule has 2 aromatic rings. The number of Topliss-reactive ketones (excluding diaryl/α,β-unsaturated/α-hetero) is 1. The molecule has 0 fully saturated rings. The first-order valence-electron chi connectivity index (χ1n) is 11.4. The standard InChI is InChI=1S/C25H30O6/c1-15(2)31-24(27)25(3,4)14-30-22-19(11-13-21(28-5)23(22)29-6)16-8-7-9-18-17(16)10-12-20(18)26/h7-9,11,13,15H,10,12,14H2,1-6H3/i5D2. The van der Waals surface area contributed by atoms with Crippen LogP contribution in [0.1, 0.15) is 52.8 Å². The number of hydrogen-bond donors (Lipinski definition) is 0. The Morgan fingerprint density at radius 2 is 1.81 bits per heavy atom. The number of ether oxygens (including phenoxy) is 4. The predicted molar refractivity (Wildman–Crippen MR) is 118 cm³/mol. The second kappa shape index (κ2) is 9.00. The van der Waals surface area contributed by atoms with Crippen LogP contribution in [0.15, 0.2) is 30.3 Å². The van der Waals surface area contributed by atoms with Gasteiger partial charge in [0.1, 0.15) is 6.61 Å². The maximum absolute atomic E-state index is 12.6. The Labute approximate surface area is 186 Å². The lowest BCUT2D eigenvalue weighted by molar-refractivity contribution is -0.159. The number of carbonyl (C=O) groups is 2. The van der Waals surface area contributed by atoms with Crippen molar-refractivity contribution < 1.29 is 31.3 Å². The van der Waals surface area contributed by atoms with Gasteiger partial charge in [-0.3, -0.25) is 9.59 Å². The van der Waals surface area contributed by atoms with Gasteiger partial charge in [-0.05, 0) is 57.4 Å². The molecule has 1 aliphatic carbocycles. The summed E-state index contributed by atoms with van der Waals surface area (Å²) in [4.78, 5) is 24.8. The van der Waals surface area contributed by atoms with E-state index in [2.05, 4.69) is 0 Å². The third kappa shape index (κ3) is 4.53. The van der Waals surface area contributed by atoms with Crippen LogP contribution >= 0.6 is 0 Å². The molecule has 166 valence electrons. The number of hydrogen-bond acceptors (Lipinski definition) is 6. The molecular formula is C25H30O6. The topological polar surface area (TPSA) is 71.1 Å². The van der Waals surface area contributed by atoms with Gasteiger partial charge in [0, 0.05) is 17.5 Å². The number of esters is 1. The van der Waals surface area contributed by atoms with Crippen molar-refractivity contribution in [2.24, 2.45) is 5.41 Å². The zero-order valence-electron chi connectivity index (χ0n) is 20.6. The molecule has 0 amide bonds. The molecule has 6 heteroatoms. The average Bonchev–Trinajstić information content (AvgIpc) is 3.12. The van der Waals surface area contributed by atoms with Crippen molar-refractivity contribution >= 4 is 11.8 Å². The van der Waals surface area contributed by atoms with Gasteiger partial charge in [-0.2, -0.15) is 0 Å². The summed E-state index contributed by atoms with van der Waals surface area (Å²) in [6.07, 6.45) is 0.820. The number of methoxy groups -OCH3 is 2. The smallest absolute Gasteiger partial charge is 0.315 e. The van der Waals surface area contributed by atoms with Gasteiger partial charge < -0.3 is 18.9 Å². The van der Waals surface area contributed by atoms with Crippen LogP contribution in [-0.4, -0.2) is 38.6 Å². The summed E-state index contributed by atoms with van der Waals surface area (Å²) in [6.45, 7) is 7.02. The molecule has 0 unspecified atom stereocenters. The zero-order chi connectivity index (χ0) is 24.3. The molecule has 0 spiro atoms. The van der Waals surface area contributed by atoms with Crippen LogP contribution in [0.25, 0.3) is 11.1 Å². The van der Waals surface area contributed by atoms with Gasteiger partial charge in [0.2, 0.25) is 5.75 Å². The SMILES string of the molecule is [2H]C([2H])Oc1ccc(-c2cccc3c2CCC3=O)c(OCC(C)(C)C(=O)OC(C)C)c1OC. The fourth-order valence-corrected chi connectivity index (χ4v) is 3.61. The van der Waals surface area contributed by atoms with Crippen molar-refractivity contribution in [3.05, 3.63) is 41.5 Å². The summed E-state index contributed by atoms with van der Waals surface area (Å²) in [5.41, 5.74) is 2.17. The number of carbonyl (C=O) groups excluding carboxylic acids is 2. The number of ketones is 1. The molecule has 0 saturated heterocycles. The molecule has 0 bridgehead atoms. The number of fused-ring (bicyclic) bond motifs is 1. The van der Waals surface area contributed by atoms with Gasteiger partial charge in [-0.1, -0.05) is 18.2 Å². The molecule has 0 saturated carbocycles. The molecule has 2 aromatic carbocycles. The summed E-state index contributed by atoms with van der Waals surface area (Å²) >= 11 is 0. The maximum atomic E-state index is 12.6. The van der Waals surface area contributed by atoms with Gasteiger partial charge >= 0.3 is 5.97 Å². The Hall–Kier alpha value is -3.02. The zero-order valence-corrected chi connectivity index (χ0v) is 18.6. The van der Waals surface area contributed by atoms with Crippen LogP contribution < -0.4 is 14.2 Å². The second-order valence-corrected chi connectivity index (χ2v) is 8.47. The predicted octanol–water partition coefficient (Wildman–Crippen LogP) is 4.86. The van der Waals surface area contributed by atoms with E-state index in [1.165, 1.54) is 7.11 Å². The lowest BCUT2D eigenvalue weighted by Gasteiger charge is -2.26. The van der Waals surface area contributed by atoms with E-state index in [1.807, 2.05) is 18.2 Å². The summed E-state index contributed by atoms with van der Waals surface area (Å²) in [6, 6.07) is 8.93. The third-order valence-corrected chi connectivity index (χ3v) is 5.25. The highest BCUT2D eigenvalue weighted by atomic mass is 16.6. The van der Waals surface area contributed by atoms with Crippen LogP contribution in [0, 0.1) is 5.41 Å². The van der Waals surface area contributed by atoms with Crippen molar-refractivity contribution in [2.45, 2.75) is 46.6 Å². The first-order chi connectivity index (χ1) is 15.5. The number of rotatable bonds is 8. The summed E-state index contributed by atoms with van der Waals surface area (Å²) in [5.74, 6) is 0.414. The molecule has 31 heavy (non-hydrogen) atoms. The Bertz CT molecular complexity index is 1050. The van der Waals surface area contributed by atoms with Crippen molar-refractivity contribution in [2.75, 3.05) is 20.8 Å². The van der Waals surface area contributed by atoms with Crippen molar-refractivity contribution in [3.8, 4) is 28.4 Å². The third-order valence-electron chi connectivity index (χ3n) is 5.25. The molecular weight excluding hydrogens is 396 g/mol. The quantitative estimate of drug-likeness (QED) is 0.560. The first kappa shape index (κ1) is 19.9. The van der Waals surface area contributed by atoms with Crippen LogP contribution in [0.4, 0.5) is 0 Å². The molecule has 1 aliphatic rings. The van der Waals surface area contributed by atoms with E-state index in [9.17, 15) is 9.59 Å². The van der Waals surface area contributed by atoms with E-state index in [0.717, 1.165) is 11.1 Å². The van der Waals surface area contributed by atoms with Gasteiger partial charge in [-0.25, -0.2) is 0 Å². The molecule has 3 rings (SSSR count). The molecule has 0 atom stereocenters. The summed E-state index contributed by atoms with van der Waals surface area (Å²) in [5, 5.41) is 0. The number of benzene rings is 2. The van der Waals surface area contributed by atoms with Gasteiger partial charge in [0.25, 0.3) is 0 Å². The fraction of sp³-hybridized carbons (Fsp3) is 0.440. The molecule has 0 heterocycles. The van der Waals surface area contributed by atoms with Crippen molar-refractivity contribution in [3.63, 3.8) is 0 Å². The molecule has 6 nitrogen and oxygen atoms in total. The molecule has 0 radical (unpaired) electrons. The van der Waals surface area contributed by atoms with Gasteiger partial charge in [0.05, 0.1) is 28.4 Å². The highest BCUT2D eigenvalue weighted by Gasteiger charge is 2.33. The van der Waals surface area contributed by atoms with Crippen molar-refractivity contribution in [1.29, 1.82) is 0 Å². The van der Waals surface area contributed by atoms with E-state index >= 15 is 0 Å². The largest absolute Gasteiger partial charge is 0.493 e. The van der Waals surface area contributed by atoms with E-state index in [1.54, 1.807) is 39.8 Å². The van der Waals surface area contributed by atoms with E-state index in [-0.39, 0.29) is 30.0 Å². The monoisotopic (exact) mass is 428 g/mol. The van der Waals surface area contributed by atoms with E-state index in [0.29, 0.717) is 29.7 Å². The highest BCUT2D eigenvalue weighted by Crippen LogP contribution is 2.47. The first-order valence-corrected chi connectivity index (χ1v) is 10.3. The Morgan fingerprint density at radius 1 is 1.06 bits per heavy atom. The Morgan fingerprint density at radius 3 is 2.48 bits per heavy atom. The van der Waals surface area contributed by atoms with E-state index < -0.39 is 18.4 Å². The Kier molecular flexibility index (Phi) is 5.78. The van der Waals surface area contributed by atoms with Crippen LogP contribution in [0.3, 0.4) is 0 Å². The minimum absolute atomic E-state index is 0.00942. The fourth-order valence-electron chi connectivity index (χ4n) is 3.61. The van der Waals surface area contributed by atoms with Gasteiger partial charge in [0.15, 0.2) is 17.3 Å². The molecule has 0 aromatic heterocycles. The molecule has 0 aliphatic heterocycles. The second-order valence-electron chi connectivity index (χ2n) is 8.47.